The number of nitrogens with one attached hydrogen (secondary N) is 1. The van der Waals surface area contributed by atoms with Crippen molar-refractivity contribution in [3.63, 3.8) is 0 Å². The zero-order valence-electron chi connectivity index (χ0n) is 10.4. The molecule has 1 rings (SSSR count). The van der Waals surface area contributed by atoms with Crippen molar-refractivity contribution in [1.82, 2.24) is 10.3 Å². The molecule has 0 spiro atoms. The summed E-state index contributed by atoms with van der Waals surface area (Å²) in [5.41, 5.74) is 1.18. The average molecular weight is 226 g/mol. The number of thiazole rings is 1. The summed E-state index contributed by atoms with van der Waals surface area (Å²) in [6.07, 6.45) is 1.17. The minimum atomic E-state index is 0.419. The third-order valence-electron chi connectivity index (χ3n) is 2.59. The van der Waals surface area contributed by atoms with E-state index in [-0.39, 0.29) is 0 Å². The monoisotopic (exact) mass is 226 g/mol. The molecular formula is C12H22N2S. The van der Waals surface area contributed by atoms with Crippen molar-refractivity contribution in [2.45, 2.75) is 47.1 Å². The van der Waals surface area contributed by atoms with E-state index in [4.69, 9.17) is 0 Å². The highest BCUT2D eigenvalue weighted by Gasteiger charge is 2.18. The summed E-state index contributed by atoms with van der Waals surface area (Å²) in [5.74, 6) is 0.599. The zero-order chi connectivity index (χ0) is 11.4. The first-order chi connectivity index (χ1) is 7.06. The molecule has 3 heteroatoms. The van der Waals surface area contributed by atoms with E-state index in [1.54, 1.807) is 0 Å². The minimum absolute atomic E-state index is 0.419. The van der Waals surface area contributed by atoms with Crippen molar-refractivity contribution < 1.29 is 0 Å². The van der Waals surface area contributed by atoms with Crippen LogP contribution in [-0.4, -0.2) is 11.5 Å². The lowest BCUT2D eigenvalue weighted by Gasteiger charge is -2.19. The van der Waals surface area contributed by atoms with E-state index >= 15 is 0 Å². The van der Waals surface area contributed by atoms with Crippen molar-refractivity contribution in [1.29, 1.82) is 0 Å². The summed E-state index contributed by atoms with van der Waals surface area (Å²) < 4.78 is 0. The quantitative estimate of drug-likeness (QED) is 0.831. The van der Waals surface area contributed by atoms with Crippen molar-refractivity contribution >= 4 is 11.3 Å². The number of rotatable bonds is 5. The lowest BCUT2D eigenvalue weighted by atomic mass is 10.1. The average Bonchev–Trinajstić information content (AvgIpc) is 2.47. The second-order valence-electron chi connectivity index (χ2n) is 4.37. The molecule has 15 heavy (non-hydrogen) atoms. The normalized spacial score (nSPS) is 13.5. The third-order valence-corrected chi connectivity index (χ3v) is 3.75. The van der Waals surface area contributed by atoms with E-state index in [9.17, 15) is 0 Å². The van der Waals surface area contributed by atoms with Crippen LogP contribution in [0.5, 0.6) is 0 Å². The Morgan fingerprint density at radius 1 is 1.33 bits per heavy atom. The van der Waals surface area contributed by atoms with E-state index in [2.05, 4.69) is 44.9 Å². The molecule has 86 valence electrons. The third kappa shape index (κ3) is 3.28. The van der Waals surface area contributed by atoms with Crippen molar-refractivity contribution in [2.24, 2.45) is 5.92 Å². The molecule has 0 fully saturated rings. The summed E-state index contributed by atoms with van der Waals surface area (Å²) >= 11 is 1.83. The van der Waals surface area contributed by atoms with E-state index in [0.29, 0.717) is 12.0 Å². The van der Waals surface area contributed by atoms with E-state index < -0.39 is 0 Å². The molecule has 1 unspecified atom stereocenters. The summed E-state index contributed by atoms with van der Waals surface area (Å²) in [6, 6.07) is 0.419. The molecule has 0 aliphatic heterocycles. The van der Waals surface area contributed by atoms with E-state index in [1.165, 1.54) is 22.0 Å². The standard InChI is InChI=1S/C12H22N2S/c1-6-7-13-11(8(2)3)12-14-9(4)10(5)15-12/h8,11,13H,6-7H2,1-5H3. The maximum absolute atomic E-state index is 4.64. The number of hydrogen-bond acceptors (Lipinski definition) is 3. The number of aryl methyl sites for hydroxylation is 2. The van der Waals surface area contributed by atoms with Crippen LogP contribution in [0.2, 0.25) is 0 Å². The Balaban J connectivity index is 2.79. The number of aromatic nitrogens is 1. The summed E-state index contributed by atoms with van der Waals surface area (Å²) in [7, 11) is 0. The van der Waals surface area contributed by atoms with Gasteiger partial charge in [-0.25, -0.2) is 4.98 Å². The fourth-order valence-corrected chi connectivity index (χ4v) is 2.71. The topological polar surface area (TPSA) is 24.9 Å². The van der Waals surface area contributed by atoms with Gasteiger partial charge in [-0.1, -0.05) is 20.8 Å². The van der Waals surface area contributed by atoms with Gasteiger partial charge in [0.15, 0.2) is 0 Å². The first-order valence-electron chi connectivity index (χ1n) is 5.73. The first kappa shape index (κ1) is 12.7. The van der Waals surface area contributed by atoms with Gasteiger partial charge in [-0.2, -0.15) is 0 Å². The van der Waals surface area contributed by atoms with Crippen LogP contribution in [0.25, 0.3) is 0 Å². The van der Waals surface area contributed by atoms with Crippen LogP contribution < -0.4 is 5.32 Å². The second kappa shape index (κ2) is 5.61. The van der Waals surface area contributed by atoms with Gasteiger partial charge in [0.05, 0.1) is 11.7 Å². The Bertz CT molecular complexity index is 285. The fourth-order valence-electron chi connectivity index (χ4n) is 1.54. The molecule has 1 N–H and O–H groups in total. The smallest absolute Gasteiger partial charge is 0.110 e. The van der Waals surface area contributed by atoms with Gasteiger partial charge in [-0.3, -0.25) is 0 Å². The van der Waals surface area contributed by atoms with Crippen molar-refractivity contribution in [2.75, 3.05) is 6.54 Å². The van der Waals surface area contributed by atoms with Gasteiger partial charge in [-0.05, 0) is 32.7 Å². The van der Waals surface area contributed by atoms with Gasteiger partial charge in [0.25, 0.3) is 0 Å². The van der Waals surface area contributed by atoms with Gasteiger partial charge >= 0.3 is 0 Å². The molecular weight excluding hydrogens is 204 g/mol. The molecule has 1 aromatic heterocycles. The number of nitrogens with zero attached hydrogens (tertiary/aromatic N) is 1. The van der Waals surface area contributed by atoms with Gasteiger partial charge < -0.3 is 5.32 Å². The van der Waals surface area contributed by atoms with Crippen LogP contribution in [-0.2, 0) is 0 Å². The second-order valence-corrected chi connectivity index (χ2v) is 5.60. The van der Waals surface area contributed by atoms with Gasteiger partial charge in [0.2, 0.25) is 0 Å². The SMILES string of the molecule is CCCNC(c1nc(C)c(C)s1)C(C)C. The van der Waals surface area contributed by atoms with Crippen molar-refractivity contribution in [3.05, 3.63) is 15.6 Å². The highest BCUT2D eigenvalue weighted by Crippen LogP contribution is 2.27. The Morgan fingerprint density at radius 2 is 2.00 bits per heavy atom. The minimum Gasteiger partial charge on any atom is -0.308 e. The van der Waals surface area contributed by atoms with Crippen LogP contribution in [0.15, 0.2) is 0 Å². The molecule has 1 heterocycles. The van der Waals surface area contributed by atoms with Gasteiger partial charge in [0.1, 0.15) is 5.01 Å². The fraction of sp³-hybridized carbons (Fsp3) is 0.750. The van der Waals surface area contributed by atoms with Crippen molar-refractivity contribution in [3.8, 4) is 0 Å². The summed E-state index contributed by atoms with van der Waals surface area (Å²) in [4.78, 5) is 5.98. The molecule has 0 amide bonds. The van der Waals surface area contributed by atoms with Crippen LogP contribution in [0.4, 0.5) is 0 Å². The van der Waals surface area contributed by atoms with E-state index in [0.717, 1.165) is 6.54 Å². The van der Waals surface area contributed by atoms with Gasteiger partial charge in [-0.15, -0.1) is 11.3 Å². The molecule has 1 aromatic rings. The van der Waals surface area contributed by atoms with Crippen LogP contribution in [0, 0.1) is 19.8 Å². The Kier molecular flexibility index (Phi) is 4.74. The first-order valence-corrected chi connectivity index (χ1v) is 6.55. The molecule has 0 aliphatic carbocycles. The largest absolute Gasteiger partial charge is 0.308 e. The summed E-state index contributed by atoms with van der Waals surface area (Å²) in [5, 5.41) is 4.82. The number of hydrogen-bond donors (Lipinski definition) is 1. The van der Waals surface area contributed by atoms with E-state index in [1.807, 2.05) is 11.3 Å². The summed E-state index contributed by atoms with van der Waals surface area (Å²) in [6.45, 7) is 12.0. The molecule has 0 aliphatic rings. The Labute approximate surface area is 97.1 Å². The lowest BCUT2D eigenvalue weighted by Crippen LogP contribution is -2.26. The maximum Gasteiger partial charge on any atom is 0.110 e. The van der Waals surface area contributed by atoms with Crippen LogP contribution >= 0.6 is 11.3 Å². The molecule has 0 bridgehead atoms. The predicted molar refractivity (Wildman–Crippen MR) is 67.5 cm³/mol. The lowest BCUT2D eigenvalue weighted by molar-refractivity contribution is 0.411. The zero-order valence-corrected chi connectivity index (χ0v) is 11.2. The van der Waals surface area contributed by atoms with Crippen LogP contribution in [0.3, 0.4) is 0 Å². The molecule has 1 atom stereocenters. The Morgan fingerprint density at radius 3 is 2.40 bits per heavy atom. The molecule has 0 saturated carbocycles. The highest BCUT2D eigenvalue weighted by molar-refractivity contribution is 7.11. The predicted octanol–water partition coefficient (Wildman–Crippen LogP) is 3.46. The molecule has 0 radical (unpaired) electrons. The van der Waals surface area contributed by atoms with Gasteiger partial charge in [0, 0.05) is 4.88 Å². The highest BCUT2D eigenvalue weighted by atomic mass is 32.1. The molecule has 0 aromatic carbocycles. The van der Waals surface area contributed by atoms with Crippen LogP contribution in [0.1, 0.15) is 48.8 Å². The molecule has 2 nitrogen and oxygen atoms in total. The maximum atomic E-state index is 4.64. The Hall–Kier alpha value is -0.410. The molecule has 0 saturated heterocycles.